The van der Waals surface area contributed by atoms with Crippen LogP contribution in [0.15, 0.2) is 71.1 Å². The van der Waals surface area contributed by atoms with E-state index in [-0.39, 0.29) is 5.91 Å². The van der Waals surface area contributed by atoms with Gasteiger partial charge in [0.25, 0.3) is 5.91 Å². The van der Waals surface area contributed by atoms with Gasteiger partial charge in [0, 0.05) is 25.4 Å². The van der Waals surface area contributed by atoms with Gasteiger partial charge in [-0.25, -0.2) is 4.98 Å². The van der Waals surface area contributed by atoms with Gasteiger partial charge in [-0.3, -0.25) is 4.79 Å². The lowest BCUT2D eigenvalue weighted by molar-refractivity contribution is 0.102. The third-order valence-electron chi connectivity index (χ3n) is 3.82. The van der Waals surface area contributed by atoms with Gasteiger partial charge < -0.3 is 9.73 Å². The first-order valence-corrected chi connectivity index (χ1v) is 9.28. The highest BCUT2D eigenvalue weighted by molar-refractivity contribution is 14.1. The van der Waals surface area contributed by atoms with Crippen molar-refractivity contribution >= 4 is 56.9 Å². The zero-order chi connectivity index (χ0) is 18.1. The Morgan fingerprint density at radius 2 is 1.85 bits per heavy atom. The van der Waals surface area contributed by atoms with Crippen molar-refractivity contribution in [3.05, 3.63) is 80.9 Å². The summed E-state index contributed by atoms with van der Waals surface area (Å²) < 4.78 is 6.93. The molecule has 0 unspecified atom stereocenters. The minimum absolute atomic E-state index is 0.206. The molecule has 0 fully saturated rings. The summed E-state index contributed by atoms with van der Waals surface area (Å²) in [4.78, 5) is 16.9. The first-order chi connectivity index (χ1) is 12.6. The number of fused-ring (bicyclic) bond motifs is 1. The zero-order valence-electron chi connectivity index (χ0n) is 13.4. The number of nitrogens with zero attached hydrogens (tertiary/aromatic N) is 1. The Labute approximate surface area is 168 Å². The lowest BCUT2D eigenvalue weighted by Crippen LogP contribution is -2.11. The molecule has 6 heteroatoms. The van der Waals surface area contributed by atoms with E-state index < -0.39 is 0 Å². The van der Waals surface area contributed by atoms with Crippen molar-refractivity contribution in [2.75, 3.05) is 5.32 Å². The largest absolute Gasteiger partial charge is 0.436 e. The fraction of sp³-hybridized carbons (Fsp3) is 0. The van der Waals surface area contributed by atoms with Crippen molar-refractivity contribution in [2.45, 2.75) is 0 Å². The van der Waals surface area contributed by atoms with Gasteiger partial charge in [-0.1, -0.05) is 17.7 Å². The molecule has 1 heterocycles. The molecule has 128 valence electrons. The number of benzene rings is 3. The number of hydrogen-bond donors (Lipinski definition) is 1. The van der Waals surface area contributed by atoms with Crippen molar-refractivity contribution in [3.63, 3.8) is 0 Å². The number of carbonyl (C=O) groups excluding carboxylic acids is 1. The molecule has 0 aliphatic rings. The summed E-state index contributed by atoms with van der Waals surface area (Å²) in [6.45, 7) is 0. The van der Waals surface area contributed by atoms with E-state index in [1.165, 1.54) is 0 Å². The van der Waals surface area contributed by atoms with Crippen LogP contribution in [0.3, 0.4) is 0 Å². The fourth-order valence-corrected chi connectivity index (χ4v) is 3.22. The molecular weight excluding hydrogens is 463 g/mol. The summed E-state index contributed by atoms with van der Waals surface area (Å²) in [7, 11) is 0. The van der Waals surface area contributed by atoms with E-state index in [2.05, 4.69) is 32.9 Å². The van der Waals surface area contributed by atoms with Crippen LogP contribution in [0, 0.1) is 3.57 Å². The lowest BCUT2D eigenvalue weighted by Gasteiger charge is -2.05. The van der Waals surface area contributed by atoms with Gasteiger partial charge in [-0.2, -0.15) is 0 Å². The Hall–Kier alpha value is -2.38. The first kappa shape index (κ1) is 17.1. The summed E-state index contributed by atoms with van der Waals surface area (Å²) in [5.74, 6) is 0.349. The topological polar surface area (TPSA) is 55.1 Å². The van der Waals surface area contributed by atoms with E-state index in [0.717, 1.165) is 9.13 Å². The monoisotopic (exact) mass is 474 g/mol. The second-order valence-electron chi connectivity index (χ2n) is 5.67. The highest BCUT2D eigenvalue weighted by Crippen LogP contribution is 2.27. The Bertz CT molecular complexity index is 1110. The highest BCUT2D eigenvalue weighted by atomic mass is 127. The predicted molar refractivity (Wildman–Crippen MR) is 112 cm³/mol. The summed E-state index contributed by atoms with van der Waals surface area (Å²) in [6, 6.07) is 20.1. The maximum absolute atomic E-state index is 12.3. The molecule has 0 aliphatic carbocycles. The van der Waals surface area contributed by atoms with Crippen molar-refractivity contribution in [1.29, 1.82) is 0 Å². The highest BCUT2D eigenvalue weighted by Gasteiger charge is 2.11. The molecule has 0 atom stereocenters. The molecule has 4 nitrogen and oxygen atoms in total. The number of halogens is 2. The number of amides is 1. The summed E-state index contributed by atoms with van der Waals surface area (Å²) >= 11 is 8.11. The number of carbonyl (C=O) groups is 1. The normalized spacial score (nSPS) is 10.8. The molecular formula is C20H12ClIN2O2. The minimum Gasteiger partial charge on any atom is -0.436 e. The molecule has 4 aromatic rings. The van der Waals surface area contributed by atoms with E-state index in [1.54, 1.807) is 42.5 Å². The zero-order valence-corrected chi connectivity index (χ0v) is 16.3. The van der Waals surface area contributed by atoms with Gasteiger partial charge >= 0.3 is 0 Å². The van der Waals surface area contributed by atoms with Crippen LogP contribution in [-0.2, 0) is 0 Å². The Balaban J connectivity index is 1.61. The number of aromatic nitrogens is 1. The average Bonchev–Trinajstić information content (AvgIpc) is 3.05. The van der Waals surface area contributed by atoms with E-state index in [4.69, 9.17) is 16.0 Å². The van der Waals surface area contributed by atoms with Crippen LogP contribution in [0.2, 0.25) is 5.02 Å². The van der Waals surface area contributed by atoms with Crippen LogP contribution in [0.1, 0.15) is 10.4 Å². The van der Waals surface area contributed by atoms with Gasteiger partial charge in [0.05, 0.1) is 0 Å². The maximum Gasteiger partial charge on any atom is 0.255 e. The molecule has 3 aromatic carbocycles. The van der Waals surface area contributed by atoms with Crippen LogP contribution in [0.25, 0.3) is 22.6 Å². The van der Waals surface area contributed by atoms with Crippen molar-refractivity contribution in [3.8, 4) is 11.5 Å². The Morgan fingerprint density at radius 3 is 2.62 bits per heavy atom. The molecule has 0 saturated carbocycles. The minimum atomic E-state index is -0.206. The molecule has 0 saturated heterocycles. The Kier molecular flexibility index (Phi) is 4.65. The average molecular weight is 475 g/mol. The standard InChI is InChI=1S/C20H12ClIN2O2/c21-14-6-4-12(5-7-14)19(25)23-16-8-9-18-17(11-16)24-20(26-18)13-2-1-3-15(22)10-13/h1-11H,(H,23,25). The quantitative estimate of drug-likeness (QED) is 0.370. The molecule has 0 bridgehead atoms. The van der Waals surface area contributed by atoms with Gasteiger partial charge in [-0.15, -0.1) is 0 Å². The van der Waals surface area contributed by atoms with E-state index in [9.17, 15) is 4.79 Å². The second kappa shape index (κ2) is 7.09. The van der Waals surface area contributed by atoms with E-state index >= 15 is 0 Å². The molecule has 26 heavy (non-hydrogen) atoms. The first-order valence-electron chi connectivity index (χ1n) is 7.82. The van der Waals surface area contributed by atoms with Gasteiger partial charge in [0.2, 0.25) is 5.89 Å². The van der Waals surface area contributed by atoms with Crippen LogP contribution in [-0.4, -0.2) is 10.9 Å². The molecule has 0 spiro atoms. The number of anilines is 1. The van der Waals surface area contributed by atoms with Crippen molar-refractivity contribution in [2.24, 2.45) is 0 Å². The van der Waals surface area contributed by atoms with Crippen LogP contribution in [0.4, 0.5) is 5.69 Å². The Morgan fingerprint density at radius 1 is 1.04 bits per heavy atom. The van der Waals surface area contributed by atoms with Crippen molar-refractivity contribution in [1.82, 2.24) is 4.98 Å². The number of rotatable bonds is 3. The lowest BCUT2D eigenvalue weighted by atomic mass is 10.2. The summed E-state index contributed by atoms with van der Waals surface area (Å²) in [6.07, 6.45) is 0. The van der Waals surface area contributed by atoms with Crippen LogP contribution >= 0.6 is 34.2 Å². The van der Waals surface area contributed by atoms with Crippen LogP contribution in [0.5, 0.6) is 0 Å². The number of hydrogen-bond acceptors (Lipinski definition) is 3. The SMILES string of the molecule is O=C(Nc1ccc2oc(-c3cccc(I)c3)nc2c1)c1ccc(Cl)cc1. The summed E-state index contributed by atoms with van der Waals surface area (Å²) in [5, 5.41) is 3.45. The molecule has 0 radical (unpaired) electrons. The second-order valence-corrected chi connectivity index (χ2v) is 7.35. The molecule has 0 aliphatic heterocycles. The maximum atomic E-state index is 12.3. The fourth-order valence-electron chi connectivity index (χ4n) is 2.55. The summed E-state index contributed by atoms with van der Waals surface area (Å²) in [5.41, 5.74) is 3.46. The smallest absolute Gasteiger partial charge is 0.255 e. The van der Waals surface area contributed by atoms with Gasteiger partial charge in [0.1, 0.15) is 5.52 Å². The van der Waals surface area contributed by atoms with E-state index in [0.29, 0.717) is 33.3 Å². The molecule has 1 N–H and O–H groups in total. The third kappa shape index (κ3) is 3.59. The molecule has 4 rings (SSSR count). The van der Waals surface area contributed by atoms with Crippen LogP contribution < -0.4 is 5.32 Å². The number of oxazole rings is 1. The third-order valence-corrected chi connectivity index (χ3v) is 4.75. The van der Waals surface area contributed by atoms with Gasteiger partial charge in [0.15, 0.2) is 5.58 Å². The molecule has 1 aromatic heterocycles. The molecule has 1 amide bonds. The van der Waals surface area contributed by atoms with Gasteiger partial charge in [-0.05, 0) is 83.3 Å². The van der Waals surface area contributed by atoms with Crippen molar-refractivity contribution < 1.29 is 9.21 Å². The number of nitrogens with one attached hydrogen (secondary N) is 1. The predicted octanol–water partition coefficient (Wildman–Crippen LogP) is 6.01. The van der Waals surface area contributed by atoms with E-state index in [1.807, 2.05) is 24.3 Å².